The van der Waals surface area contributed by atoms with Crippen molar-refractivity contribution in [1.29, 1.82) is 0 Å². The first-order chi connectivity index (χ1) is 14.7. The lowest BCUT2D eigenvalue weighted by atomic mass is 9.97. The van der Waals surface area contributed by atoms with Crippen molar-refractivity contribution in [3.05, 3.63) is 83.2 Å². The Kier molecular flexibility index (Phi) is 6.19. The number of anilines is 1. The van der Waals surface area contributed by atoms with E-state index in [1.54, 1.807) is 19.1 Å². The van der Waals surface area contributed by atoms with Crippen molar-refractivity contribution < 1.29 is 18.0 Å². The topological polar surface area (TPSA) is 61.9 Å². The number of hydrogen-bond donors (Lipinski definition) is 1. The fourth-order valence-electron chi connectivity index (χ4n) is 3.65. The number of carbonyl (C=O) groups excluding carboxylic acids is 1. The van der Waals surface area contributed by atoms with Gasteiger partial charge in [-0.2, -0.15) is 0 Å². The van der Waals surface area contributed by atoms with Gasteiger partial charge in [-0.15, -0.1) is 0 Å². The van der Waals surface area contributed by atoms with Crippen LogP contribution >= 0.6 is 0 Å². The van der Waals surface area contributed by atoms with Crippen molar-refractivity contribution in [3.8, 4) is 0 Å². The Labute approximate surface area is 179 Å². The van der Waals surface area contributed by atoms with Crippen LogP contribution in [0.25, 0.3) is 5.57 Å². The number of allylic oxidation sites excluding steroid dienone is 1. The first-order valence-corrected chi connectivity index (χ1v) is 9.57. The molecule has 3 rings (SSSR count). The zero-order chi connectivity index (χ0) is 22.9. The van der Waals surface area contributed by atoms with Crippen LogP contribution in [0.3, 0.4) is 0 Å². The van der Waals surface area contributed by atoms with Gasteiger partial charge in [0.05, 0.1) is 12.6 Å². The summed E-state index contributed by atoms with van der Waals surface area (Å²) in [6.07, 6.45) is 1.68. The lowest BCUT2D eigenvalue weighted by Gasteiger charge is -2.18. The Morgan fingerprint density at radius 2 is 1.90 bits per heavy atom. The number of hydrogen-bond acceptors (Lipinski definition) is 2. The lowest BCUT2D eigenvalue weighted by molar-refractivity contribution is 0.218. The van der Waals surface area contributed by atoms with Crippen LogP contribution < -0.4 is 10.6 Å². The number of nitrogens with zero attached hydrogens (tertiary/aromatic N) is 3. The van der Waals surface area contributed by atoms with E-state index in [-0.39, 0.29) is 23.5 Å². The van der Waals surface area contributed by atoms with Crippen molar-refractivity contribution in [2.24, 2.45) is 10.7 Å². The number of rotatable bonds is 5. The molecule has 8 heteroatoms. The van der Waals surface area contributed by atoms with E-state index in [4.69, 9.17) is 5.73 Å². The number of carbonyl (C=O) groups is 1. The molecule has 5 nitrogen and oxygen atoms in total. The van der Waals surface area contributed by atoms with Crippen molar-refractivity contribution in [3.63, 3.8) is 0 Å². The predicted molar refractivity (Wildman–Crippen MR) is 116 cm³/mol. The Balaban J connectivity index is 1.93. The Hall–Kier alpha value is -3.55. The maximum atomic E-state index is 15.0. The molecule has 2 aromatic carbocycles. The summed E-state index contributed by atoms with van der Waals surface area (Å²) < 4.78 is 42.9. The van der Waals surface area contributed by atoms with Gasteiger partial charge in [0, 0.05) is 36.5 Å². The van der Waals surface area contributed by atoms with Crippen LogP contribution in [0.4, 0.5) is 23.7 Å². The van der Waals surface area contributed by atoms with Gasteiger partial charge in [-0.25, -0.2) is 18.0 Å². The van der Waals surface area contributed by atoms with E-state index in [0.29, 0.717) is 16.8 Å². The number of aliphatic imine (C=N–C) groups is 1. The summed E-state index contributed by atoms with van der Waals surface area (Å²) in [6.45, 7) is 5.65. The maximum Gasteiger partial charge on any atom is 0.324 e. The molecule has 1 atom stereocenters. The van der Waals surface area contributed by atoms with E-state index >= 15 is 4.39 Å². The summed E-state index contributed by atoms with van der Waals surface area (Å²) in [5.41, 5.74) is 7.30. The van der Waals surface area contributed by atoms with E-state index in [1.807, 2.05) is 0 Å². The van der Waals surface area contributed by atoms with Crippen LogP contribution in [-0.4, -0.2) is 37.4 Å². The molecule has 0 aromatic heterocycles. The van der Waals surface area contributed by atoms with Crippen molar-refractivity contribution in [2.45, 2.75) is 13.0 Å². The van der Waals surface area contributed by atoms with Gasteiger partial charge in [-0.1, -0.05) is 12.7 Å². The van der Waals surface area contributed by atoms with E-state index in [1.165, 1.54) is 36.0 Å². The number of likely N-dealkylation sites (N-methyl/N-ethyl adjacent to an activating group) is 1. The fraction of sp³-hybridized carbons (Fsp3) is 0.217. The van der Waals surface area contributed by atoms with Crippen LogP contribution in [0.15, 0.2) is 59.6 Å². The molecule has 2 N–H and O–H groups in total. The van der Waals surface area contributed by atoms with Crippen LogP contribution in [0.1, 0.15) is 24.1 Å². The Bertz CT molecular complexity index is 1110. The summed E-state index contributed by atoms with van der Waals surface area (Å²) in [4.78, 5) is 19.3. The summed E-state index contributed by atoms with van der Waals surface area (Å²) in [7, 11) is 3.01. The number of urea groups is 1. The molecule has 1 aliphatic rings. The largest absolute Gasteiger partial charge is 0.384 e. The van der Waals surface area contributed by atoms with Gasteiger partial charge in [0.1, 0.15) is 23.3 Å². The quantitative estimate of drug-likeness (QED) is 0.428. The van der Waals surface area contributed by atoms with E-state index in [2.05, 4.69) is 11.6 Å². The molecule has 0 bridgehead atoms. The summed E-state index contributed by atoms with van der Waals surface area (Å²) in [6, 6.07) is 6.29. The minimum atomic E-state index is -0.711. The highest BCUT2D eigenvalue weighted by Gasteiger charge is 2.38. The highest BCUT2D eigenvalue weighted by molar-refractivity contribution is 6.10. The average molecular weight is 428 g/mol. The number of halogens is 3. The van der Waals surface area contributed by atoms with Gasteiger partial charge < -0.3 is 10.6 Å². The van der Waals surface area contributed by atoms with Gasteiger partial charge in [0.25, 0.3) is 0 Å². The van der Waals surface area contributed by atoms with E-state index < -0.39 is 29.5 Å². The molecule has 1 unspecified atom stereocenters. The molecule has 1 heterocycles. The molecule has 0 aliphatic carbocycles. The highest BCUT2D eigenvalue weighted by Crippen LogP contribution is 2.35. The summed E-state index contributed by atoms with van der Waals surface area (Å²) in [5, 5.41) is 0. The highest BCUT2D eigenvalue weighted by atomic mass is 19.1. The number of nitrogens with two attached hydrogens (primary N) is 1. The zero-order valence-corrected chi connectivity index (χ0v) is 17.5. The first-order valence-electron chi connectivity index (χ1n) is 9.57. The van der Waals surface area contributed by atoms with Crippen molar-refractivity contribution in [1.82, 2.24) is 4.90 Å². The molecular weight excluding hydrogens is 405 g/mol. The molecule has 0 spiro atoms. The third-order valence-electron chi connectivity index (χ3n) is 5.39. The summed E-state index contributed by atoms with van der Waals surface area (Å²) in [5.74, 6) is -1.60. The molecule has 1 saturated heterocycles. The predicted octanol–water partition coefficient (Wildman–Crippen LogP) is 4.66. The third kappa shape index (κ3) is 4.05. The first kappa shape index (κ1) is 22.1. The zero-order valence-electron chi connectivity index (χ0n) is 17.5. The molecule has 0 saturated carbocycles. The van der Waals surface area contributed by atoms with Crippen molar-refractivity contribution >= 4 is 23.1 Å². The van der Waals surface area contributed by atoms with Gasteiger partial charge >= 0.3 is 6.03 Å². The molecule has 1 fully saturated rings. The smallest absolute Gasteiger partial charge is 0.324 e. The summed E-state index contributed by atoms with van der Waals surface area (Å²) >= 11 is 0. The monoisotopic (exact) mass is 428 g/mol. The van der Waals surface area contributed by atoms with Crippen LogP contribution in [-0.2, 0) is 0 Å². The van der Waals surface area contributed by atoms with Crippen LogP contribution in [0, 0.1) is 17.5 Å². The SMILES string of the molecule is C=C(/C(=C/C)c1ccc(N2CC(c3cc(F)ccc3F)N(C)C2=O)cc1F)/C(N)=N\C. The van der Waals surface area contributed by atoms with Crippen LogP contribution in [0.5, 0.6) is 0 Å². The van der Waals surface area contributed by atoms with Gasteiger partial charge in [-0.3, -0.25) is 9.89 Å². The second-order valence-corrected chi connectivity index (χ2v) is 7.14. The van der Waals surface area contributed by atoms with Gasteiger partial charge in [0.15, 0.2) is 0 Å². The molecular formula is C23H23F3N4O. The molecule has 2 aromatic rings. The van der Waals surface area contributed by atoms with E-state index in [9.17, 15) is 13.6 Å². The van der Waals surface area contributed by atoms with Crippen LogP contribution in [0.2, 0.25) is 0 Å². The molecule has 1 aliphatic heterocycles. The fourth-order valence-corrected chi connectivity index (χ4v) is 3.65. The number of amidine groups is 1. The van der Waals surface area contributed by atoms with Gasteiger partial charge in [-0.05, 0) is 48.9 Å². The second-order valence-electron chi connectivity index (χ2n) is 7.14. The Morgan fingerprint density at radius 1 is 1.19 bits per heavy atom. The maximum absolute atomic E-state index is 15.0. The average Bonchev–Trinajstić information content (AvgIpc) is 3.05. The second kappa shape index (κ2) is 8.67. The molecule has 0 radical (unpaired) electrons. The third-order valence-corrected chi connectivity index (χ3v) is 5.39. The normalized spacial score (nSPS) is 17.5. The standard InChI is InChI=1S/C23H23F3N4O/c1-5-16(13(2)22(27)28-3)17-8-7-15(11-20(17)26)30-12-21(29(4)23(30)31)18-10-14(24)6-9-19(18)25/h5-11,21H,2,12H2,1,3-4H3,(H2,27,28)/b16-5-. The molecule has 2 amide bonds. The van der Waals surface area contributed by atoms with E-state index in [0.717, 1.165) is 18.2 Å². The number of benzene rings is 2. The lowest BCUT2D eigenvalue weighted by Crippen LogP contribution is -2.29. The molecule has 31 heavy (non-hydrogen) atoms. The van der Waals surface area contributed by atoms with Gasteiger partial charge in [0.2, 0.25) is 0 Å². The number of amides is 2. The molecule has 162 valence electrons. The Morgan fingerprint density at radius 3 is 2.52 bits per heavy atom. The minimum absolute atomic E-state index is 0.0487. The van der Waals surface area contributed by atoms with Crippen molar-refractivity contribution in [2.75, 3.05) is 25.5 Å². The minimum Gasteiger partial charge on any atom is -0.384 e.